The molecule has 0 bridgehead atoms. The largest absolute Gasteiger partial charge is 0.480 e. The van der Waals surface area contributed by atoms with Crippen LogP contribution in [0.15, 0.2) is 53.6 Å². The zero-order chi connectivity index (χ0) is 25.6. The number of nitrogens with one attached hydrogen (secondary N) is 3. The van der Waals surface area contributed by atoms with Crippen LogP contribution >= 0.6 is 11.8 Å². The molecule has 35 heavy (non-hydrogen) atoms. The molecule has 0 saturated heterocycles. The van der Waals surface area contributed by atoms with Gasteiger partial charge < -0.3 is 10.1 Å². The molecule has 5 N–H and O–H groups in total. The van der Waals surface area contributed by atoms with Crippen LogP contribution in [0.1, 0.15) is 6.42 Å². The van der Waals surface area contributed by atoms with Gasteiger partial charge in [0, 0.05) is 35.8 Å². The lowest BCUT2D eigenvalue weighted by Gasteiger charge is -2.23. The second kappa shape index (κ2) is 12.1. The molecule has 190 valence electrons. The molecule has 0 aliphatic rings. The van der Waals surface area contributed by atoms with E-state index in [9.17, 15) is 31.5 Å². The molecule has 2 aromatic carbocycles. The molecule has 3 rings (SSSR count). The number of aromatic amines is 1. The monoisotopic (exact) mass is 544 g/mol. The molecule has 1 heterocycles. The standard InChI is InChI=1S/C21H25FN4O6S3/c1-33-11-8-19(21(27)28)25-26(34(29)30)10-9-24-35(31,32)16-5-2-14(3-6-16)18-13-23-20-12-15(22)4-7-17(18)20/h2-7,12-13,19,23-25H,8-11H2,1H3,(H,27,28)(H,29,30)/t19-/m0/s1. The first-order valence-electron chi connectivity index (χ1n) is 10.4. The Labute approximate surface area is 208 Å². The molecule has 0 saturated carbocycles. The summed E-state index contributed by atoms with van der Waals surface area (Å²) in [7, 11) is -3.94. The fraction of sp³-hybridized carbons (Fsp3) is 0.286. The molecule has 0 radical (unpaired) electrons. The second-order valence-corrected chi connectivity index (χ2v) is 11.1. The van der Waals surface area contributed by atoms with Crippen LogP contribution in [0.3, 0.4) is 0 Å². The number of halogens is 1. The number of hydrogen-bond acceptors (Lipinski definition) is 6. The van der Waals surface area contributed by atoms with Crippen LogP contribution in [-0.4, -0.2) is 68.8 Å². The Morgan fingerprint density at radius 3 is 2.60 bits per heavy atom. The lowest BCUT2D eigenvalue weighted by atomic mass is 10.1. The zero-order valence-corrected chi connectivity index (χ0v) is 21.1. The van der Waals surface area contributed by atoms with Crippen LogP contribution in [0, 0.1) is 5.82 Å². The van der Waals surface area contributed by atoms with Crippen LogP contribution in [-0.2, 0) is 26.1 Å². The predicted molar refractivity (Wildman–Crippen MR) is 134 cm³/mol. The number of carboxylic acids is 1. The normalized spacial score (nSPS) is 13.8. The number of sulfonamides is 1. The van der Waals surface area contributed by atoms with Crippen LogP contribution in [0.4, 0.5) is 4.39 Å². The van der Waals surface area contributed by atoms with Gasteiger partial charge in [0.15, 0.2) is 0 Å². The highest BCUT2D eigenvalue weighted by molar-refractivity contribution is 7.98. The minimum Gasteiger partial charge on any atom is -0.480 e. The Morgan fingerprint density at radius 2 is 1.97 bits per heavy atom. The molecule has 0 spiro atoms. The van der Waals surface area contributed by atoms with Crippen molar-refractivity contribution >= 4 is 49.9 Å². The van der Waals surface area contributed by atoms with Gasteiger partial charge in [-0.1, -0.05) is 12.1 Å². The van der Waals surface area contributed by atoms with Crippen molar-refractivity contribution in [2.45, 2.75) is 17.4 Å². The fourth-order valence-electron chi connectivity index (χ4n) is 3.36. The van der Waals surface area contributed by atoms with Crippen LogP contribution in [0.25, 0.3) is 22.0 Å². The van der Waals surface area contributed by atoms with Gasteiger partial charge in [0.05, 0.1) is 4.90 Å². The summed E-state index contributed by atoms with van der Waals surface area (Å²) < 4.78 is 62.9. The van der Waals surface area contributed by atoms with Crippen LogP contribution < -0.4 is 10.1 Å². The summed E-state index contributed by atoms with van der Waals surface area (Å²) in [5.74, 6) is -1.03. The number of aromatic nitrogens is 1. The van der Waals surface area contributed by atoms with Gasteiger partial charge in [-0.15, -0.1) is 4.41 Å². The molecule has 10 nitrogen and oxygen atoms in total. The average Bonchev–Trinajstić information content (AvgIpc) is 3.23. The molecular formula is C21H25FN4O6S3. The maximum absolute atomic E-state index is 13.4. The first kappa shape index (κ1) is 27.3. The number of H-pyrrole nitrogens is 1. The molecule has 0 fully saturated rings. The summed E-state index contributed by atoms with van der Waals surface area (Å²) in [6.07, 6.45) is 3.74. The van der Waals surface area contributed by atoms with Crippen molar-refractivity contribution in [3.8, 4) is 11.1 Å². The number of carboxylic acid groups (broad SMARTS) is 1. The number of rotatable bonds is 13. The van der Waals surface area contributed by atoms with Gasteiger partial charge in [-0.2, -0.15) is 11.8 Å². The molecule has 1 unspecified atom stereocenters. The third-order valence-corrected chi connectivity index (χ3v) is 7.91. The SMILES string of the molecule is CSCC[C@H](NN(CCNS(=O)(=O)c1ccc(-c2c[nH]c3cc(F)ccc23)cc1)S(=O)O)C(=O)O. The van der Waals surface area contributed by atoms with E-state index in [4.69, 9.17) is 0 Å². The van der Waals surface area contributed by atoms with E-state index in [2.05, 4.69) is 15.1 Å². The van der Waals surface area contributed by atoms with Crippen molar-refractivity contribution in [2.75, 3.05) is 25.1 Å². The topological polar surface area (TPSA) is 152 Å². The van der Waals surface area contributed by atoms with Gasteiger partial charge in [-0.3, -0.25) is 9.35 Å². The number of aliphatic carboxylic acids is 1. The predicted octanol–water partition coefficient (Wildman–Crippen LogP) is 2.40. The Hall–Kier alpha value is -2.33. The third kappa shape index (κ3) is 7.10. The number of benzene rings is 2. The highest BCUT2D eigenvalue weighted by atomic mass is 32.2. The van der Waals surface area contributed by atoms with Crippen LogP contribution in [0.5, 0.6) is 0 Å². The number of fused-ring (bicyclic) bond motifs is 1. The number of carbonyl (C=O) groups is 1. The summed E-state index contributed by atoms with van der Waals surface area (Å²) in [5, 5.41) is 10.1. The van der Waals surface area contributed by atoms with E-state index < -0.39 is 33.3 Å². The molecule has 0 aliphatic heterocycles. The maximum atomic E-state index is 13.4. The lowest BCUT2D eigenvalue weighted by molar-refractivity contribution is -0.140. The number of thioether (sulfide) groups is 1. The van der Waals surface area contributed by atoms with Gasteiger partial charge >= 0.3 is 5.97 Å². The van der Waals surface area contributed by atoms with Gasteiger partial charge in [0.2, 0.25) is 21.3 Å². The molecule has 2 atom stereocenters. The minimum absolute atomic E-state index is 0.0138. The van der Waals surface area contributed by atoms with Gasteiger partial charge in [-0.05, 0) is 54.3 Å². The Morgan fingerprint density at radius 1 is 1.26 bits per heavy atom. The second-order valence-electron chi connectivity index (χ2n) is 7.45. The first-order valence-corrected chi connectivity index (χ1v) is 14.3. The lowest BCUT2D eigenvalue weighted by Crippen LogP contribution is -2.51. The summed E-state index contributed by atoms with van der Waals surface area (Å²) in [6, 6.07) is 9.36. The third-order valence-electron chi connectivity index (χ3n) is 5.12. The average molecular weight is 545 g/mol. The van der Waals surface area contributed by atoms with Crippen LogP contribution in [0.2, 0.25) is 0 Å². The van der Waals surface area contributed by atoms with E-state index in [1.54, 1.807) is 24.4 Å². The van der Waals surface area contributed by atoms with Gasteiger partial charge in [0.25, 0.3) is 0 Å². The summed E-state index contributed by atoms with van der Waals surface area (Å²) in [4.78, 5) is 14.3. The van der Waals surface area contributed by atoms with Crippen molar-refractivity contribution in [3.05, 3.63) is 54.5 Å². The number of nitrogens with zero attached hydrogens (tertiary/aromatic N) is 1. The van der Waals surface area contributed by atoms with Gasteiger partial charge in [-0.25, -0.2) is 27.2 Å². The minimum atomic E-state index is -3.94. The zero-order valence-electron chi connectivity index (χ0n) is 18.6. The smallest absolute Gasteiger partial charge is 0.322 e. The molecule has 14 heteroatoms. The number of hydrazine groups is 1. The molecule has 3 aromatic rings. The van der Waals surface area contributed by atoms with Crippen molar-refractivity contribution < 1.29 is 31.5 Å². The Kier molecular flexibility index (Phi) is 9.40. The van der Waals surface area contributed by atoms with Crippen molar-refractivity contribution in [1.82, 2.24) is 19.5 Å². The fourth-order valence-corrected chi connectivity index (χ4v) is 5.31. The number of hydrogen-bond donors (Lipinski definition) is 5. The van der Waals surface area contributed by atoms with E-state index in [-0.39, 0.29) is 30.2 Å². The Balaban J connectivity index is 1.65. The van der Waals surface area contributed by atoms with E-state index in [1.165, 1.54) is 36.0 Å². The van der Waals surface area contributed by atoms with Crippen molar-refractivity contribution in [3.63, 3.8) is 0 Å². The molecule has 0 aliphatic carbocycles. The van der Waals surface area contributed by atoms with Crippen molar-refractivity contribution in [1.29, 1.82) is 0 Å². The van der Waals surface area contributed by atoms with E-state index in [0.717, 1.165) is 20.9 Å². The van der Waals surface area contributed by atoms with E-state index in [1.807, 2.05) is 6.26 Å². The first-order chi connectivity index (χ1) is 16.6. The van der Waals surface area contributed by atoms with Crippen molar-refractivity contribution in [2.24, 2.45) is 0 Å². The van der Waals surface area contributed by atoms with E-state index >= 15 is 0 Å². The highest BCUT2D eigenvalue weighted by Gasteiger charge is 2.23. The summed E-state index contributed by atoms with van der Waals surface area (Å²) >= 11 is -1.13. The van der Waals surface area contributed by atoms with Gasteiger partial charge in [0.1, 0.15) is 11.9 Å². The summed E-state index contributed by atoms with van der Waals surface area (Å²) in [5.41, 5.74) is 4.61. The molecule has 0 amide bonds. The molecular weight excluding hydrogens is 519 g/mol. The quantitative estimate of drug-likeness (QED) is 0.163. The summed E-state index contributed by atoms with van der Waals surface area (Å²) in [6.45, 7) is -0.498. The Bertz CT molecular complexity index is 1300. The maximum Gasteiger partial charge on any atom is 0.322 e. The molecule has 1 aromatic heterocycles. The highest BCUT2D eigenvalue weighted by Crippen LogP contribution is 2.29. The van der Waals surface area contributed by atoms with E-state index in [0.29, 0.717) is 11.3 Å².